The monoisotopic (exact) mass is 171 g/mol. The Hall–Kier alpha value is -0.610. The molecule has 1 heterocycles. The molecule has 4 heteroatoms. The van der Waals surface area contributed by atoms with Crippen LogP contribution in [0.4, 0.5) is 0 Å². The molecule has 3 atom stereocenters. The maximum absolute atomic E-state index is 10.8. The molecule has 1 saturated heterocycles. The summed E-state index contributed by atoms with van der Waals surface area (Å²) in [6.07, 6.45) is 0.580. The molecular formula is C8H17N3O. The molecule has 3 unspecified atom stereocenters. The van der Waals surface area contributed by atoms with E-state index in [-0.39, 0.29) is 24.0 Å². The predicted molar refractivity (Wildman–Crippen MR) is 47.7 cm³/mol. The SMILES string of the molecule is CC(N)C(C)NC1CNC(=O)C1. The molecule has 4 N–H and O–H groups in total. The zero-order valence-corrected chi connectivity index (χ0v) is 7.63. The molecule has 0 bridgehead atoms. The third-order valence-corrected chi connectivity index (χ3v) is 2.26. The van der Waals surface area contributed by atoms with Crippen LogP contribution < -0.4 is 16.4 Å². The van der Waals surface area contributed by atoms with Crippen LogP contribution in [-0.4, -0.2) is 30.6 Å². The summed E-state index contributed by atoms with van der Waals surface area (Å²) in [5.41, 5.74) is 5.68. The highest BCUT2D eigenvalue weighted by molar-refractivity contribution is 5.78. The summed E-state index contributed by atoms with van der Waals surface area (Å²) in [5.74, 6) is 0.129. The van der Waals surface area contributed by atoms with Gasteiger partial charge in [0.25, 0.3) is 0 Å². The van der Waals surface area contributed by atoms with Gasteiger partial charge in [0.05, 0.1) is 0 Å². The van der Waals surface area contributed by atoms with Crippen molar-refractivity contribution in [2.75, 3.05) is 6.54 Å². The van der Waals surface area contributed by atoms with E-state index in [1.165, 1.54) is 0 Å². The molecule has 1 amide bonds. The largest absolute Gasteiger partial charge is 0.354 e. The van der Waals surface area contributed by atoms with Gasteiger partial charge in [-0.05, 0) is 13.8 Å². The lowest BCUT2D eigenvalue weighted by atomic mass is 10.1. The second kappa shape index (κ2) is 3.87. The Labute approximate surface area is 72.9 Å². The number of amides is 1. The Morgan fingerprint density at radius 1 is 1.67 bits per heavy atom. The first-order chi connectivity index (χ1) is 5.59. The maximum atomic E-state index is 10.8. The number of rotatable bonds is 3. The number of hydrogen-bond acceptors (Lipinski definition) is 3. The van der Waals surface area contributed by atoms with Gasteiger partial charge in [0.2, 0.25) is 5.91 Å². The Kier molecular flexibility index (Phi) is 3.05. The standard InChI is InChI=1S/C8H17N3O/c1-5(9)6(2)11-7-3-8(12)10-4-7/h5-7,11H,3-4,9H2,1-2H3,(H,10,12). The Bertz CT molecular complexity index is 170. The van der Waals surface area contributed by atoms with E-state index in [0.717, 1.165) is 6.54 Å². The minimum absolute atomic E-state index is 0.126. The molecule has 70 valence electrons. The molecule has 0 radical (unpaired) electrons. The number of carbonyl (C=O) groups is 1. The van der Waals surface area contributed by atoms with Crippen LogP contribution in [0.25, 0.3) is 0 Å². The van der Waals surface area contributed by atoms with Crippen LogP contribution in [-0.2, 0) is 4.79 Å². The van der Waals surface area contributed by atoms with Crippen LogP contribution in [0, 0.1) is 0 Å². The quantitative estimate of drug-likeness (QED) is 0.521. The number of nitrogens with two attached hydrogens (primary N) is 1. The molecule has 0 aliphatic carbocycles. The van der Waals surface area contributed by atoms with Gasteiger partial charge in [-0.1, -0.05) is 0 Å². The van der Waals surface area contributed by atoms with Crippen molar-refractivity contribution in [1.29, 1.82) is 0 Å². The van der Waals surface area contributed by atoms with Crippen molar-refractivity contribution < 1.29 is 4.79 Å². The van der Waals surface area contributed by atoms with Crippen molar-refractivity contribution in [3.05, 3.63) is 0 Å². The van der Waals surface area contributed by atoms with Crippen LogP contribution in [0.1, 0.15) is 20.3 Å². The van der Waals surface area contributed by atoms with E-state index < -0.39 is 0 Å². The van der Waals surface area contributed by atoms with E-state index in [4.69, 9.17) is 5.73 Å². The Balaban J connectivity index is 2.27. The highest BCUT2D eigenvalue weighted by Crippen LogP contribution is 2.01. The molecule has 0 saturated carbocycles. The van der Waals surface area contributed by atoms with Crippen LogP contribution in [0.3, 0.4) is 0 Å². The van der Waals surface area contributed by atoms with Gasteiger partial charge in [-0.3, -0.25) is 4.79 Å². The zero-order valence-electron chi connectivity index (χ0n) is 7.63. The van der Waals surface area contributed by atoms with E-state index in [2.05, 4.69) is 10.6 Å². The van der Waals surface area contributed by atoms with Crippen LogP contribution in [0.5, 0.6) is 0 Å². The fourth-order valence-corrected chi connectivity index (χ4v) is 1.25. The molecule has 12 heavy (non-hydrogen) atoms. The molecule has 0 aromatic rings. The molecule has 0 spiro atoms. The highest BCUT2D eigenvalue weighted by atomic mass is 16.1. The van der Waals surface area contributed by atoms with Crippen molar-refractivity contribution in [1.82, 2.24) is 10.6 Å². The minimum Gasteiger partial charge on any atom is -0.354 e. The molecule has 0 aromatic heterocycles. The van der Waals surface area contributed by atoms with Gasteiger partial charge in [-0.15, -0.1) is 0 Å². The predicted octanol–water partition coefficient (Wildman–Crippen LogP) is -0.800. The van der Waals surface area contributed by atoms with Gasteiger partial charge in [-0.2, -0.15) is 0 Å². The van der Waals surface area contributed by atoms with E-state index in [0.29, 0.717) is 6.42 Å². The first-order valence-electron chi connectivity index (χ1n) is 4.38. The minimum atomic E-state index is 0.126. The average molecular weight is 171 g/mol. The van der Waals surface area contributed by atoms with E-state index in [1.807, 2.05) is 13.8 Å². The lowest BCUT2D eigenvalue weighted by Crippen LogP contribution is -2.46. The highest BCUT2D eigenvalue weighted by Gasteiger charge is 2.23. The summed E-state index contributed by atoms with van der Waals surface area (Å²) in [7, 11) is 0. The van der Waals surface area contributed by atoms with Crippen LogP contribution in [0.15, 0.2) is 0 Å². The molecule has 0 aromatic carbocycles. The second-order valence-corrected chi connectivity index (χ2v) is 3.52. The molecule has 4 nitrogen and oxygen atoms in total. The summed E-state index contributed by atoms with van der Waals surface area (Å²) in [5, 5.41) is 6.07. The Morgan fingerprint density at radius 2 is 2.33 bits per heavy atom. The van der Waals surface area contributed by atoms with Crippen molar-refractivity contribution in [2.45, 2.75) is 38.4 Å². The normalized spacial score (nSPS) is 28.2. The van der Waals surface area contributed by atoms with Gasteiger partial charge in [0.15, 0.2) is 0 Å². The van der Waals surface area contributed by atoms with Gasteiger partial charge in [0, 0.05) is 31.1 Å². The van der Waals surface area contributed by atoms with Crippen molar-refractivity contribution in [3.8, 4) is 0 Å². The number of nitrogens with one attached hydrogen (secondary N) is 2. The van der Waals surface area contributed by atoms with Crippen molar-refractivity contribution in [3.63, 3.8) is 0 Å². The summed E-state index contributed by atoms with van der Waals surface area (Å²) in [4.78, 5) is 10.8. The molecule has 1 aliphatic heterocycles. The fraction of sp³-hybridized carbons (Fsp3) is 0.875. The summed E-state index contributed by atoms with van der Waals surface area (Å²) >= 11 is 0. The van der Waals surface area contributed by atoms with Gasteiger partial charge >= 0.3 is 0 Å². The van der Waals surface area contributed by atoms with E-state index in [9.17, 15) is 4.79 Å². The number of hydrogen-bond donors (Lipinski definition) is 3. The fourth-order valence-electron chi connectivity index (χ4n) is 1.25. The van der Waals surface area contributed by atoms with Crippen LogP contribution in [0.2, 0.25) is 0 Å². The van der Waals surface area contributed by atoms with E-state index >= 15 is 0 Å². The van der Waals surface area contributed by atoms with Gasteiger partial charge < -0.3 is 16.4 Å². The topological polar surface area (TPSA) is 67.2 Å². The summed E-state index contributed by atoms with van der Waals surface area (Å²) < 4.78 is 0. The zero-order chi connectivity index (χ0) is 9.14. The first kappa shape index (κ1) is 9.48. The van der Waals surface area contributed by atoms with Crippen molar-refractivity contribution in [2.24, 2.45) is 5.73 Å². The molecule has 1 aliphatic rings. The van der Waals surface area contributed by atoms with Gasteiger partial charge in [-0.25, -0.2) is 0 Å². The Morgan fingerprint density at radius 3 is 2.75 bits per heavy atom. The number of carbonyl (C=O) groups excluding carboxylic acids is 1. The maximum Gasteiger partial charge on any atom is 0.221 e. The molecule has 1 fully saturated rings. The van der Waals surface area contributed by atoms with E-state index in [1.54, 1.807) is 0 Å². The smallest absolute Gasteiger partial charge is 0.221 e. The summed E-state index contributed by atoms with van der Waals surface area (Å²) in [6, 6.07) is 0.655. The molecule has 1 rings (SSSR count). The lowest BCUT2D eigenvalue weighted by Gasteiger charge is -2.20. The molecular weight excluding hydrogens is 154 g/mol. The second-order valence-electron chi connectivity index (χ2n) is 3.52. The third kappa shape index (κ3) is 2.46. The first-order valence-corrected chi connectivity index (χ1v) is 4.38. The van der Waals surface area contributed by atoms with Crippen LogP contribution >= 0.6 is 0 Å². The van der Waals surface area contributed by atoms with Gasteiger partial charge in [0.1, 0.15) is 0 Å². The average Bonchev–Trinajstić information content (AvgIpc) is 2.35. The van der Waals surface area contributed by atoms with Crippen molar-refractivity contribution >= 4 is 5.91 Å². The summed E-state index contributed by atoms with van der Waals surface area (Å²) in [6.45, 7) is 4.73. The lowest BCUT2D eigenvalue weighted by molar-refractivity contribution is -0.119. The third-order valence-electron chi connectivity index (χ3n) is 2.26.